The molecule has 0 spiro atoms. The summed E-state index contributed by atoms with van der Waals surface area (Å²) in [4.78, 5) is 28.6. The fraction of sp³-hybridized carbons (Fsp3) is 0.667. The van der Waals surface area contributed by atoms with Gasteiger partial charge in [-0.1, -0.05) is 56.0 Å². The van der Waals surface area contributed by atoms with Gasteiger partial charge in [-0.05, 0) is 56.4 Å². The highest BCUT2D eigenvalue weighted by atomic mass is 16.6. The van der Waals surface area contributed by atoms with Gasteiger partial charge in [0.1, 0.15) is 5.54 Å². The Bertz CT molecular complexity index is 872. The first-order valence-electron chi connectivity index (χ1n) is 13.0. The van der Waals surface area contributed by atoms with Gasteiger partial charge >= 0.3 is 6.09 Å². The van der Waals surface area contributed by atoms with Crippen molar-refractivity contribution in [3.05, 3.63) is 35.9 Å². The summed E-state index contributed by atoms with van der Waals surface area (Å²) in [5.74, 6) is 0.378. The smallest absolute Gasteiger partial charge is 0.408 e. The van der Waals surface area contributed by atoms with Crippen molar-refractivity contribution < 1.29 is 14.3 Å². The summed E-state index contributed by atoms with van der Waals surface area (Å²) in [5, 5.41) is 15.9. The molecule has 2 aliphatic carbocycles. The van der Waals surface area contributed by atoms with Crippen LogP contribution in [0, 0.1) is 17.2 Å². The minimum Gasteiger partial charge on any atom is -0.433 e. The Hall–Kier alpha value is -2.59. The molecule has 1 heterocycles. The maximum Gasteiger partial charge on any atom is 0.408 e. The van der Waals surface area contributed by atoms with Crippen LogP contribution in [0.2, 0.25) is 0 Å². The number of alkyl carbamates (subject to hydrolysis) is 1. The lowest BCUT2D eigenvalue weighted by Crippen LogP contribution is -2.59. The number of likely N-dealkylation sites (tertiary alicyclic amines) is 1. The van der Waals surface area contributed by atoms with E-state index in [2.05, 4.69) is 21.6 Å². The van der Waals surface area contributed by atoms with Gasteiger partial charge in [0.25, 0.3) is 5.91 Å². The van der Waals surface area contributed by atoms with E-state index in [0.29, 0.717) is 38.3 Å². The van der Waals surface area contributed by atoms with E-state index in [1.807, 2.05) is 30.3 Å². The van der Waals surface area contributed by atoms with Crippen molar-refractivity contribution in [2.24, 2.45) is 5.92 Å². The van der Waals surface area contributed by atoms with Crippen LogP contribution >= 0.6 is 0 Å². The van der Waals surface area contributed by atoms with E-state index >= 15 is 0 Å². The second kappa shape index (κ2) is 11.2. The van der Waals surface area contributed by atoms with Crippen LogP contribution in [0.3, 0.4) is 0 Å². The van der Waals surface area contributed by atoms with Crippen LogP contribution in [0.4, 0.5) is 4.79 Å². The number of rotatable bonds is 7. The highest BCUT2D eigenvalue weighted by Crippen LogP contribution is 2.34. The molecule has 0 radical (unpaired) electrons. The van der Waals surface area contributed by atoms with Gasteiger partial charge in [0, 0.05) is 26.2 Å². The third kappa shape index (κ3) is 6.09. The molecule has 2 N–H and O–H groups in total. The summed E-state index contributed by atoms with van der Waals surface area (Å²) in [5.41, 5.74) is -1.16. The van der Waals surface area contributed by atoms with Crippen LogP contribution in [-0.2, 0) is 16.1 Å². The zero-order valence-corrected chi connectivity index (χ0v) is 20.2. The second-order valence-electron chi connectivity index (χ2n) is 10.4. The molecular weight excluding hydrogens is 428 g/mol. The predicted molar refractivity (Wildman–Crippen MR) is 130 cm³/mol. The summed E-state index contributed by atoms with van der Waals surface area (Å²) in [6.45, 7) is 2.70. The van der Waals surface area contributed by atoms with E-state index in [4.69, 9.17) is 4.74 Å². The highest BCUT2D eigenvalue weighted by Gasteiger charge is 2.48. The summed E-state index contributed by atoms with van der Waals surface area (Å²) in [6.07, 6.45) is 10.1. The van der Waals surface area contributed by atoms with Gasteiger partial charge < -0.3 is 15.4 Å². The topological polar surface area (TPSA) is 94.5 Å². The standard InChI is InChI=1S/C27H38N4O3/c28-20-26(16-17-31(21-26)19-23-12-6-2-7-13-23)30-24(32)27(14-8-3-9-15-27)34-25(33)29-18-22-10-4-1-5-11-22/h1,4-5,10-11,23H,2-3,6-9,12-19,21H2,(H,29,33)(H,30,32). The van der Waals surface area contributed by atoms with Gasteiger partial charge in [-0.2, -0.15) is 5.26 Å². The van der Waals surface area contributed by atoms with Crippen molar-refractivity contribution in [1.82, 2.24) is 15.5 Å². The molecule has 34 heavy (non-hydrogen) atoms. The number of amides is 2. The van der Waals surface area contributed by atoms with Gasteiger partial charge in [-0.25, -0.2) is 4.79 Å². The number of nitriles is 1. The van der Waals surface area contributed by atoms with E-state index in [9.17, 15) is 14.9 Å². The van der Waals surface area contributed by atoms with E-state index in [-0.39, 0.29) is 5.91 Å². The Kier molecular flexibility index (Phi) is 8.10. The lowest BCUT2D eigenvalue weighted by Gasteiger charge is -2.37. The Morgan fingerprint density at radius 2 is 1.74 bits per heavy atom. The zero-order valence-electron chi connectivity index (χ0n) is 20.2. The number of ether oxygens (including phenoxy) is 1. The molecule has 1 aromatic rings. The molecule has 7 heteroatoms. The molecule has 2 amide bonds. The average molecular weight is 467 g/mol. The van der Waals surface area contributed by atoms with Crippen molar-refractivity contribution in [2.75, 3.05) is 19.6 Å². The molecule has 184 valence electrons. The molecule has 0 aromatic heterocycles. The number of benzene rings is 1. The predicted octanol–water partition coefficient (Wildman–Crippen LogP) is 4.28. The monoisotopic (exact) mass is 466 g/mol. The van der Waals surface area contributed by atoms with E-state index in [1.165, 1.54) is 32.1 Å². The maximum atomic E-state index is 13.6. The third-order valence-corrected chi connectivity index (χ3v) is 7.80. The normalized spacial score (nSPS) is 25.3. The van der Waals surface area contributed by atoms with Crippen LogP contribution < -0.4 is 10.6 Å². The Morgan fingerprint density at radius 3 is 2.44 bits per heavy atom. The highest BCUT2D eigenvalue weighted by molar-refractivity contribution is 5.88. The molecule has 1 atom stereocenters. The molecule has 7 nitrogen and oxygen atoms in total. The molecule has 3 aliphatic rings. The Balaban J connectivity index is 1.37. The largest absolute Gasteiger partial charge is 0.433 e. The number of hydrogen-bond donors (Lipinski definition) is 2. The van der Waals surface area contributed by atoms with Crippen molar-refractivity contribution in [2.45, 2.75) is 88.3 Å². The van der Waals surface area contributed by atoms with Crippen molar-refractivity contribution in [3.63, 3.8) is 0 Å². The second-order valence-corrected chi connectivity index (χ2v) is 10.4. The van der Waals surface area contributed by atoms with Crippen LogP contribution in [0.25, 0.3) is 0 Å². The zero-order chi connectivity index (χ0) is 23.9. The van der Waals surface area contributed by atoms with Crippen molar-refractivity contribution in [1.29, 1.82) is 5.26 Å². The number of carbonyl (C=O) groups excluding carboxylic acids is 2. The molecule has 0 bridgehead atoms. The van der Waals surface area contributed by atoms with Crippen LogP contribution in [0.15, 0.2) is 30.3 Å². The molecule has 4 rings (SSSR count). The molecule has 1 aromatic carbocycles. The molecule has 2 saturated carbocycles. The van der Waals surface area contributed by atoms with Gasteiger partial charge in [0.05, 0.1) is 6.07 Å². The first-order chi connectivity index (χ1) is 16.5. The molecule has 1 aliphatic heterocycles. The van der Waals surface area contributed by atoms with E-state index < -0.39 is 17.2 Å². The summed E-state index contributed by atoms with van der Waals surface area (Å²) < 4.78 is 5.83. The van der Waals surface area contributed by atoms with Crippen molar-refractivity contribution in [3.8, 4) is 6.07 Å². The van der Waals surface area contributed by atoms with Gasteiger partial charge in [-0.15, -0.1) is 0 Å². The van der Waals surface area contributed by atoms with E-state index in [0.717, 1.165) is 37.9 Å². The Labute approximate surface area is 203 Å². The van der Waals surface area contributed by atoms with Gasteiger partial charge in [0.2, 0.25) is 0 Å². The number of carbonyl (C=O) groups is 2. The quantitative estimate of drug-likeness (QED) is 0.625. The van der Waals surface area contributed by atoms with Crippen molar-refractivity contribution >= 4 is 12.0 Å². The summed E-state index contributed by atoms with van der Waals surface area (Å²) >= 11 is 0. The van der Waals surface area contributed by atoms with Gasteiger partial charge in [0.15, 0.2) is 5.60 Å². The molecule has 1 saturated heterocycles. The van der Waals surface area contributed by atoms with E-state index in [1.54, 1.807) is 0 Å². The summed E-state index contributed by atoms with van der Waals surface area (Å²) in [6, 6.07) is 12.0. The molecular formula is C27H38N4O3. The number of nitrogens with one attached hydrogen (secondary N) is 2. The fourth-order valence-corrected chi connectivity index (χ4v) is 5.81. The van der Waals surface area contributed by atoms with Crippen LogP contribution in [0.1, 0.15) is 76.2 Å². The fourth-order valence-electron chi connectivity index (χ4n) is 5.81. The minimum atomic E-state index is -1.21. The first-order valence-corrected chi connectivity index (χ1v) is 13.0. The Morgan fingerprint density at radius 1 is 1.03 bits per heavy atom. The lowest BCUT2D eigenvalue weighted by molar-refractivity contribution is -0.145. The van der Waals surface area contributed by atoms with Gasteiger partial charge in [-0.3, -0.25) is 9.69 Å². The lowest BCUT2D eigenvalue weighted by atomic mass is 9.83. The SMILES string of the molecule is N#CC1(NC(=O)C2(OC(=O)NCc3ccccc3)CCCCC2)CCN(CC2CCCCC2)C1. The minimum absolute atomic E-state index is 0.317. The third-order valence-electron chi connectivity index (χ3n) is 7.80. The molecule has 3 fully saturated rings. The van der Waals surface area contributed by atoms with Crippen LogP contribution in [0.5, 0.6) is 0 Å². The summed E-state index contributed by atoms with van der Waals surface area (Å²) in [7, 11) is 0. The average Bonchev–Trinajstić information content (AvgIpc) is 3.27. The molecule has 1 unspecified atom stereocenters. The first kappa shape index (κ1) is 24.5. The maximum absolute atomic E-state index is 13.6. The van der Waals surface area contributed by atoms with Crippen LogP contribution in [-0.4, -0.2) is 47.7 Å². The number of nitrogens with zero attached hydrogens (tertiary/aromatic N) is 2. The number of hydrogen-bond acceptors (Lipinski definition) is 5.